The second-order valence-corrected chi connectivity index (χ2v) is 6.97. The SMILES string of the molecule is Nc1cc(C(=O)Nc2c(Br)cc(Br)cc2Br)ccc1Cl. The number of anilines is 2. The van der Waals surface area contributed by atoms with Gasteiger partial charge in [-0.15, -0.1) is 0 Å². The number of nitrogens with two attached hydrogens (primary N) is 1. The van der Waals surface area contributed by atoms with Crippen LogP contribution in [0.5, 0.6) is 0 Å². The summed E-state index contributed by atoms with van der Waals surface area (Å²) in [6.45, 7) is 0. The minimum absolute atomic E-state index is 0.267. The number of carbonyl (C=O) groups is 1. The number of benzene rings is 2. The van der Waals surface area contributed by atoms with Crippen LogP contribution in [0.2, 0.25) is 5.02 Å². The zero-order valence-corrected chi connectivity index (χ0v) is 15.4. The minimum atomic E-state index is -0.267. The molecule has 1 amide bonds. The molecule has 0 heterocycles. The van der Waals surface area contributed by atoms with E-state index in [0.29, 0.717) is 22.0 Å². The molecule has 0 spiro atoms. The highest BCUT2D eigenvalue weighted by Crippen LogP contribution is 2.34. The maximum absolute atomic E-state index is 12.2. The van der Waals surface area contributed by atoms with Crippen molar-refractivity contribution in [1.82, 2.24) is 0 Å². The summed E-state index contributed by atoms with van der Waals surface area (Å²) >= 11 is 16.0. The van der Waals surface area contributed by atoms with Crippen LogP contribution >= 0.6 is 59.4 Å². The Bertz CT molecular complexity index is 668. The predicted molar refractivity (Wildman–Crippen MR) is 93.4 cm³/mol. The molecule has 0 saturated heterocycles. The molecule has 104 valence electrons. The molecule has 0 aliphatic carbocycles. The van der Waals surface area contributed by atoms with E-state index in [9.17, 15) is 4.79 Å². The van der Waals surface area contributed by atoms with Gasteiger partial charge in [0.25, 0.3) is 5.91 Å². The lowest BCUT2D eigenvalue weighted by atomic mass is 10.2. The first kappa shape index (κ1) is 15.8. The van der Waals surface area contributed by atoms with Crippen LogP contribution in [0.3, 0.4) is 0 Å². The van der Waals surface area contributed by atoms with E-state index in [2.05, 4.69) is 53.1 Å². The van der Waals surface area contributed by atoms with Crippen molar-refractivity contribution in [1.29, 1.82) is 0 Å². The van der Waals surface area contributed by atoms with E-state index in [1.807, 2.05) is 12.1 Å². The van der Waals surface area contributed by atoms with Gasteiger partial charge < -0.3 is 11.1 Å². The molecule has 20 heavy (non-hydrogen) atoms. The highest BCUT2D eigenvalue weighted by atomic mass is 79.9. The molecule has 3 N–H and O–H groups in total. The van der Waals surface area contributed by atoms with E-state index < -0.39 is 0 Å². The van der Waals surface area contributed by atoms with Crippen LogP contribution in [0.25, 0.3) is 0 Å². The van der Waals surface area contributed by atoms with Crippen molar-refractivity contribution in [3.8, 4) is 0 Å². The standard InChI is InChI=1S/C13H8Br3ClN2O/c14-7-4-8(15)12(9(16)5-7)19-13(20)6-1-2-10(17)11(18)3-6/h1-5H,18H2,(H,19,20). The van der Waals surface area contributed by atoms with E-state index in [0.717, 1.165) is 13.4 Å². The van der Waals surface area contributed by atoms with Crippen molar-refractivity contribution >= 4 is 76.7 Å². The summed E-state index contributed by atoms with van der Waals surface area (Å²) in [5, 5.41) is 3.24. The zero-order valence-electron chi connectivity index (χ0n) is 9.88. The van der Waals surface area contributed by atoms with Gasteiger partial charge in [0.1, 0.15) is 0 Å². The molecule has 2 aromatic carbocycles. The van der Waals surface area contributed by atoms with Gasteiger partial charge in [0, 0.05) is 19.0 Å². The molecule has 0 aromatic heterocycles. The maximum Gasteiger partial charge on any atom is 0.255 e. The number of hydrogen-bond acceptors (Lipinski definition) is 2. The Labute approximate surface area is 146 Å². The third-order valence-corrected chi connectivity index (χ3v) is 4.56. The average Bonchev–Trinajstić information content (AvgIpc) is 2.36. The number of nitrogens with one attached hydrogen (secondary N) is 1. The number of rotatable bonds is 2. The second-order valence-electron chi connectivity index (χ2n) is 3.93. The normalized spacial score (nSPS) is 10.4. The molecule has 0 atom stereocenters. The van der Waals surface area contributed by atoms with Gasteiger partial charge in [-0.2, -0.15) is 0 Å². The van der Waals surface area contributed by atoms with Crippen LogP contribution in [0, 0.1) is 0 Å². The van der Waals surface area contributed by atoms with Gasteiger partial charge >= 0.3 is 0 Å². The molecule has 7 heteroatoms. The molecule has 0 aliphatic heterocycles. The van der Waals surface area contributed by atoms with Crippen LogP contribution in [-0.2, 0) is 0 Å². The molecule has 0 saturated carbocycles. The lowest BCUT2D eigenvalue weighted by Crippen LogP contribution is -2.13. The number of carbonyl (C=O) groups excluding carboxylic acids is 1. The average molecular weight is 483 g/mol. The number of nitrogen functional groups attached to an aromatic ring is 1. The van der Waals surface area contributed by atoms with Gasteiger partial charge in [-0.05, 0) is 62.2 Å². The fraction of sp³-hybridized carbons (Fsp3) is 0. The Morgan fingerprint density at radius 2 is 1.70 bits per heavy atom. The van der Waals surface area contributed by atoms with Gasteiger partial charge in [0.15, 0.2) is 0 Å². The van der Waals surface area contributed by atoms with Crippen molar-refractivity contribution in [2.45, 2.75) is 0 Å². The summed E-state index contributed by atoms with van der Waals surface area (Å²) in [6, 6.07) is 8.44. The molecular formula is C13H8Br3ClN2O. The van der Waals surface area contributed by atoms with Crippen LogP contribution < -0.4 is 11.1 Å². The van der Waals surface area contributed by atoms with E-state index in [1.165, 1.54) is 0 Å². The fourth-order valence-electron chi connectivity index (χ4n) is 1.53. The van der Waals surface area contributed by atoms with Crippen molar-refractivity contribution in [3.05, 3.63) is 54.3 Å². The topological polar surface area (TPSA) is 55.1 Å². The van der Waals surface area contributed by atoms with Gasteiger partial charge in [0.05, 0.1) is 16.4 Å². The van der Waals surface area contributed by atoms with Gasteiger partial charge in [-0.1, -0.05) is 27.5 Å². The smallest absolute Gasteiger partial charge is 0.255 e. The number of amides is 1. The summed E-state index contributed by atoms with van der Waals surface area (Å²) < 4.78 is 2.41. The third-order valence-electron chi connectivity index (χ3n) is 2.50. The van der Waals surface area contributed by atoms with Crippen LogP contribution in [0.1, 0.15) is 10.4 Å². The zero-order chi connectivity index (χ0) is 14.9. The monoisotopic (exact) mass is 480 g/mol. The molecule has 3 nitrogen and oxygen atoms in total. The summed E-state index contributed by atoms with van der Waals surface area (Å²) in [6.07, 6.45) is 0. The van der Waals surface area contributed by atoms with Crippen molar-refractivity contribution in [2.24, 2.45) is 0 Å². The molecule has 0 aliphatic rings. The molecule has 0 bridgehead atoms. The van der Waals surface area contributed by atoms with Gasteiger partial charge in [-0.25, -0.2) is 0 Å². The number of halogens is 4. The first-order valence-electron chi connectivity index (χ1n) is 5.39. The summed E-state index contributed by atoms with van der Waals surface area (Å²) in [5.41, 5.74) is 7.15. The first-order chi connectivity index (χ1) is 9.38. The van der Waals surface area contributed by atoms with Crippen molar-refractivity contribution in [2.75, 3.05) is 11.1 Å². The first-order valence-corrected chi connectivity index (χ1v) is 8.15. The fourth-order valence-corrected chi connectivity index (χ4v) is 4.11. The Kier molecular flexibility index (Phi) is 5.12. The highest BCUT2D eigenvalue weighted by Gasteiger charge is 2.13. The van der Waals surface area contributed by atoms with Gasteiger partial charge in [-0.3, -0.25) is 4.79 Å². The quantitative estimate of drug-likeness (QED) is 0.558. The van der Waals surface area contributed by atoms with Crippen LogP contribution in [0.4, 0.5) is 11.4 Å². The Balaban J connectivity index is 2.30. The predicted octanol–water partition coefficient (Wildman–Crippen LogP) is 5.46. The molecule has 0 fully saturated rings. The second kappa shape index (κ2) is 6.47. The minimum Gasteiger partial charge on any atom is -0.398 e. The van der Waals surface area contributed by atoms with Crippen molar-refractivity contribution < 1.29 is 4.79 Å². The van der Waals surface area contributed by atoms with Crippen LogP contribution in [0.15, 0.2) is 43.7 Å². The highest BCUT2D eigenvalue weighted by molar-refractivity contribution is 9.11. The Hall–Kier alpha value is -0.560. The van der Waals surface area contributed by atoms with E-state index in [-0.39, 0.29) is 5.91 Å². The van der Waals surface area contributed by atoms with E-state index in [1.54, 1.807) is 18.2 Å². The molecule has 2 rings (SSSR count). The van der Waals surface area contributed by atoms with E-state index >= 15 is 0 Å². The summed E-state index contributed by atoms with van der Waals surface area (Å²) in [5.74, 6) is -0.267. The van der Waals surface area contributed by atoms with Crippen LogP contribution in [-0.4, -0.2) is 5.91 Å². The Morgan fingerprint density at radius 1 is 1.10 bits per heavy atom. The molecular weight excluding hydrogens is 475 g/mol. The lowest BCUT2D eigenvalue weighted by Gasteiger charge is -2.11. The third kappa shape index (κ3) is 3.55. The molecule has 0 unspecified atom stereocenters. The number of hydrogen-bond donors (Lipinski definition) is 2. The van der Waals surface area contributed by atoms with E-state index in [4.69, 9.17) is 17.3 Å². The maximum atomic E-state index is 12.2. The lowest BCUT2D eigenvalue weighted by molar-refractivity contribution is 0.102. The largest absolute Gasteiger partial charge is 0.398 e. The molecule has 2 aromatic rings. The Morgan fingerprint density at radius 3 is 2.25 bits per heavy atom. The van der Waals surface area contributed by atoms with Crippen molar-refractivity contribution in [3.63, 3.8) is 0 Å². The summed E-state index contributed by atoms with van der Waals surface area (Å²) in [4.78, 5) is 12.2. The summed E-state index contributed by atoms with van der Waals surface area (Å²) in [7, 11) is 0. The molecule has 0 radical (unpaired) electrons. The van der Waals surface area contributed by atoms with Gasteiger partial charge in [0.2, 0.25) is 0 Å².